The standard InChI is InChI=1S/C16H14ClN3O/c1-2-7-20-16(21)15(14(17)10-19-20)18-9-12-8-11-5-3-4-6-13(11)12/h1,3-6,10,12,18H,7-9H2. The molecule has 0 amide bonds. The second-order valence-electron chi connectivity index (χ2n) is 5.02. The van der Waals surface area contributed by atoms with Crippen molar-refractivity contribution in [2.45, 2.75) is 18.9 Å². The smallest absolute Gasteiger partial charge is 0.292 e. The van der Waals surface area contributed by atoms with Crippen molar-refractivity contribution in [2.24, 2.45) is 0 Å². The highest BCUT2D eigenvalue weighted by molar-refractivity contribution is 6.33. The molecule has 0 spiro atoms. The molecule has 1 aromatic heterocycles. The van der Waals surface area contributed by atoms with Gasteiger partial charge in [-0.25, -0.2) is 4.68 Å². The molecule has 0 bridgehead atoms. The molecular formula is C16H14ClN3O. The van der Waals surface area contributed by atoms with E-state index in [2.05, 4.69) is 28.5 Å². The van der Waals surface area contributed by atoms with Crippen molar-refractivity contribution < 1.29 is 0 Å². The number of halogens is 1. The van der Waals surface area contributed by atoms with Crippen LogP contribution in [0.15, 0.2) is 35.3 Å². The molecule has 1 aliphatic carbocycles. The number of nitrogens with one attached hydrogen (secondary N) is 1. The van der Waals surface area contributed by atoms with Crippen LogP contribution in [0.25, 0.3) is 0 Å². The van der Waals surface area contributed by atoms with Gasteiger partial charge in [0.05, 0.1) is 11.2 Å². The molecule has 5 heteroatoms. The van der Waals surface area contributed by atoms with Gasteiger partial charge in [-0.15, -0.1) is 6.42 Å². The molecule has 1 atom stereocenters. The molecule has 4 nitrogen and oxygen atoms in total. The predicted octanol–water partition coefficient (Wildman–Crippen LogP) is 2.28. The maximum Gasteiger partial charge on any atom is 0.292 e. The number of aromatic nitrogens is 2. The minimum absolute atomic E-state index is 0.136. The van der Waals surface area contributed by atoms with Gasteiger partial charge in [0.1, 0.15) is 12.2 Å². The summed E-state index contributed by atoms with van der Waals surface area (Å²) in [7, 11) is 0. The van der Waals surface area contributed by atoms with Gasteiger partial charge in [0, 0.05) is 12.5 Å². The Morgan fingerprint density at radius 1 is 1.48 bits per heavy atom. The highest BCUT2D eigenvalue weighted by Crippen LogP contribution is 2.34. The molecule has 3 rings (SSSR count). The zero-order valence-corrected chi connectivity index (χ0v) is 12.1. The number of hydrogen-bond acceptors (Lipinski definition) is 3. The number of fused-ring (bicyclic) bond motifs is 1. The number of benzene rings is 1. The number of nitrogens with zero attached hydrogens (tertiary/aromatic N) is 2. The van der Waals surface area contributed by atoms with Crippen LogP contribution in [0.2, 0.25) is 5.02 Å². The van der Waals surface area contributed by atoms with Gasteiger partial charge >= 0.3 is 0 Å². The first-order chi connectivity index (χ1) is 10.2. The fraction of sp³-hybridized carbons (Fsp3) is 0.250. The van der Waals surface area contributed by atoms with E-state index in [0.717, 1.165) is 6.42 Å². The molecular weight excluding hydrogens is 286 g/mol. The van der Waals surface area contributed by atoms with E-state index in [1.807, 2.05) is 12.1 Å². The van der Waals surface area contributed by atoms with Crippen LogP contribution in [0.4, 0.5) is 5.69 Å². The molecule has 106 valence electrons. The zero-order chi connectivity index (χ0) is 14.8. The number of anilines is 1. The Hall–Kier alpha value is -2.25. The quantitative estimate of drug-likeness (QED) is 0.881. The summed E-state index contributed by atoms with van der Waals surface area (Å²) < 4.78 is 1.23. The summed E-state index contributed by atoms with van der Waals surface area (Å²) in [5, 5.41) is 7.38. The van der Waals surface area contributed by atoms with E-state index in [9.17, 15) is 4.79 Å². The average molecular weight is 300 g/mol. The minimum atomic E-state index is -0.284. The van der Waals surface area contributed by atoms with Crippen LogP contribution in [0.5, 0.6) is 0 Å². The predicted molar refractivity (Wildman–Crippen MR) is 83.7 cm³/mol. The summed E-state index contributed by atoms with van der Waals surface area (Å²) in [6.07, 6.45) is 7.68. The normalized spacial score (nSPS) is 15.7. The van der Waals surface area contributed by atoms with E-state index in [1.165, 1.54) is 22.0 Å². The van der Waals surface area contributed by atoms with E-state index in [-0.39, 0.29) is 12.1 Å². The van der Waals surface area contributed by atoms with Crippen molar-refractivity contribution >= 4 is 17.3 Å². The van der Waals surface area contributed by atoms with E-state index < -0.39 is 0 Å². The SMILES string of the molecule is C#CCn1ncc(Cl)c(NCC2Cc3ccccc32)c1=O. The average Bonchev–Trinajstić information content (AvgIpc) is 2.46. The highest BCUT2D eigenvalue weighted by atomic mass is 35.5. The topological polar surface area (TPSA) is 46.9 Å². The largest absolute Gasteiger partial charge is 0.379 e. The van der Waals surface area contributed by atoms with Crippen molar-refractivity contribution in [1.82, 2.24) is 9.78 Å². The minimum Gasteiger partial charge on any atom is -0.379 e. The molecule has 21 heavy (non-hydrogen) atoms. The maximum absolute atomic E-state index is 12.2. The van der Waals surface area contributed by atoms with Crippen molar-refractivity contribution in [1.29, 1.82) is 0 Å². The molecule has 0 saturated carbocycles. The van der Waals surface area contributed by atoms with Crippen LogP contribution in [-0.2, 0) is 13.0 Å². The summed E-state index contributed by atoms with van der Waals surface area (Å²) >= 11 is 6.06. The van der Waals surface area contributed by atoms with Crippen molar-refractivity contribution in [3.05, 3.63) is 57.0 Å². The van der Waals surface area contributed by atoms with E-state index in [4.69, 9.17) is 18.0 Å². The Morgan fingerprint density at radius 2 is 2.29 bits per heavy atom. The van der Waals surface area contributed by atoms with Gasteiger partial charge in [0.25, 0.3) is 5.56 Å². The monoisotopic (exact) mass is 299 g/mol. The molecule has 1 N–H and O–H groups in total. The molecule has 0 aliphatic heterocycles. The van der Waals surface area contributed by atoms with Gasteiger partial charge in [0.2, 0.25) is 0 Å². The first-order valence-corrected chi connectivity index (χ1v) is 7.09. The van der Waals surface area contributed by atoms with Crippen LogP contribution >= 0.6 is 11.6 Å². The Labute approximate surface area is 127 Å². The van der Waals surface area contributed by atoms with Gasteiger partial charge in [-0.3, -0.25) is 4.79 Å². The third-order valence-corrected chi connectivity index (χ3v) is 4.01. The lowest BCUT2D eigenvalue weighted by Crippen LogP contribution is -2.29. The summed E-state index contributed by atoms with van der Waals surface area (Å²) in [5.74, 6) is 2.81. The fourth-order valence-electron chi connectivity index (χ4n) is 2.60. The molecule has 1 aliphatic rings. The fourth-order valence-corrected chi connectivity index (χ4v) is 2.79. The molecule has 1 heterocycles. The first kappa shape index (κ1) is 13.7. The zero-order valence-electron chi connectivity index (χ0n) is 11.3. The summed E-state index contributed by atoms with van der Waals surface area (Å²) in [5.41, 5.74) is 2.79. The molecule has 1 unspecified atom stereocenters. The lowest BCUT2D eigenvalue weighted by atomic mass is 9.77. The van der Waals surface area contributed by atoms with Gasteiger partial charge in [-0.05, 0) is 17.5 Å². The molecule has 0 saturated heterocycles. The van der Waals surface area contributed by atoms with Crippen LogP contribution in [0.1, 0.15) is 17.0 Å². The third-order valence-electron chi connectivity index (χ3n) is 3.73. The van der Waals surface area contributed by atoms with Crippen molar-refractivity contribution in [3.8, 4) is 12.3 Å². The summed E-state index contributed by atoms with van der Waals surface area (Å²) in [6.45, 7) is 0.809. The van der Waals surface area contributed by atoms with Gasteiger partial charge in [-0.2, -0.15) is 5.10 Å². The van der Waals surface area contributed by atoms with Crippen LogP contribution in [0.3, 0.4) is 0 Å². The van der Waals surface area contributed by atoms with E-state index in [1.54, 1.807) is 0 Å². The van der Waals surface area contributed by atoms with E-state index >= 15 is 0 Å². The Balaban J connectivity index is 1.76. The Kier molecular flexibility index (Phi) is 3.68. The summed E-state index contributed by atoms with van der Waals surface area (Å²) in [6, 6.07) is 8.33. The van der Waals surface area contributed by atoms with Crippen molar-refractivity contribution in [2.75, 3.05) is 11.9 Å². The second-order valence-corrected chi connectivity index (χ2v) is 5.42. The second kappa shape index (κ2) is 5.63. The number of terminal acetylenes is 1. The molecule has 0 radical (unpaired) electrons. The Morgan fingerprint density at radius 3 is 3.05 bits per heavy atom. The Bertz CT molecular complexity index is 776. The maximum atomic E-state index is 12.2. The van der Waals surface area contributed by atoms with Crippen LogP contribution < -0.4 is 10.9 Å². The number of hydrogen-bond donors (Lipinski definition) is 1. The molecule has 0 fully saturated rings. The van der Waals surface area contributed by atoms with Crippen LogP contribution in [0, 0.1) is 12.3 Å². The summed E-state index contributed by atoms with van der Waals surface area (Å²) in [4.78, 5) is 12.2. The highest BCUT2D eigenvalue weighted by Gasteiger charge is 2.25. The van der Waals surface area contributed by atoms with Gasteiger partial charge < -0.3 is 5.32 Å². The lowest BCUT2D eigenvalue weighted by molar-refractivity contribution is 0.629. The molecule has 1 aromatic carbocycles. The van der Waals surface area contributed by atoms with Gasteiger partial charge in [0.15, 0.2) is 0 Å². The van der Waals surface area contributed by atoms with Crippen LogP contribution in [-0.4, -0.2) is 16.3 Å². The number of rotatable bonds is 4. The third kappa shape index (κ3) is 2.53. The first-order valence-electron chi connectivity index (χ1n) is 6.71. The van der Waals surface area contributed by atoms with Crippen molar-refractivity contribution in [3.63, 3.8) is 0 Å². The lowest BCUT2D eigenvalue weighted by Gasteiger charge is -2.30. The van der Waals surface area contributed by atoms with Gasteiger partial charge in [-0.1, -0.05) is 41.8 Å². The molecule has 2 aromatic rings. The van der Waals surface area contributed by atoms with E-state index in [0.29, 0.717) is 23.2 Å².